The van der Waals surface area contributed by atoms with E-state index in [0.29, 0.717) is 0 Å². The number of aliphatic hydroxyl groups is 1. The van der Waals surface area contributed by atoms with Crippen molar-refractivity contribution >= 4 is 57.6 Å². The number of carbonyl (C=O) groups is 1. The van der Waals surface area contributed by atoms with Crippen LogP contribution in [0.1, 0.15) is 12.5 Å². The van der Waals surface area contributed by atoms with Crippen LogP contribution in [-0.2, 0) is 9.53 Å². The molecule has 0 atom stereocenters. The lowest BCUT2D eigenvalue weighted by molar-refractivity contribution is -0.137. The minimum Gasteiger partial charge on any atom is -0.506 e. The van der Waals surface area contributed by atoms with Gasteiger partial charge in [-0.2, -0.15) is 0 Å². The number of esters is 1. The van der Waals surface area contributed by atoms with Gasteiger partial charge < -0.3 is 9.84 Å². The zero-order valence-electron chi connectivity index (χ0n) is 12.0. The molecular formula is C13H9Cl2FN4O3S. The van der Waals surface area contributed by atoms with E-state index < -0.39 is 22.7 Å². The Hall–Kier alpha value is -2.10. The van der Waals surface area contributed by atoms with E-state index in [9.17, 15) is 14.3 Å². The SMILES string of the molecule is CCOC(=O)C(/C=N/c1nncs1)=C(/O)c1cc(F)c(Cl)nc1Cl. The molecule has 2 heterocycles. The van der Waals surface area contributed by atoms with Crippen molar-refractivity contribution in [3.8, 4) is 0 Å². The molecule has 0 aliphatic carbocycles. The van der Waals surface area contributed by atoms with Gasteiger partial charge in [0.05, 0.1) is 12.2 Å². The van der Waals surface area contributed by atoms with Crippen molar-refractivity contribution in [2.75, 3.05) is 6.61 Å². The molecule has 0 saturated carbocycles. The van der Waals surface area contributed by atoms with Gasteiger partial charge in [-0.1, -0.05) is 34.5 Å². The molecule has 2 rings (SSSR count). The van der Waals surface area contributed by atoms with Crippen molar-refractivity contribution in [2.24, 2.45) is 4.99 Å². The summed E-state index contributed by atoms with van der Waals surface area (Å²) in [5.41, 5.74) is 0.859. The molecule has 0 unspecified atom stereocenters. The van der Waals surface area contributed by atoms with Crippen molar-refractivity contribution in [2.45, 2.75) is 6.92 Å². The predicted octanol–water partition coefficient (Wildman–Crippen LogP) is 3.61. The Labute approximate surface area is 149 Å². The van der Waals surface area contributed by atoms with Crippen LogP contribution in [0, 0.1) is 5.82 Å². The maximum absolute atomic E-state index is 13.6. The molecule has 0 fully saturated rings. The Bertz CT molecular complexity index is 812. The van der Waals surface area contributed by atoms with E-state index in [2.05, 4.69) is 20.2 Å². The van der Waals surface area contributed by atoms with Gasteiger partial charge in [0.25, 0.3) is 0 Å². The molecule has 11 heteroatoms. The van der Waals surface area contributed by atoms with Gasteiger partial charge in [0, 0.05) is 6.21 Å². The first-order valence-corrected chi connectivity index (χ1v) is 8.00. The third-order valence-corrected chi connectivity index (χ3v) is 3.70. The second-order valence-electron chi connectivity index (χ2n) is 4.06. The van der Waals surface area contributed by atoms with Gasteiger partial charge >= 0.3 is 5.97 Å². The molecule has 0 aliphatic rings. The van der Waals surface area contributed by atoms with Gasteiger partial charge in [0.15, 0.2) is 11.0 Å². The van der Waals surface area contributed by atoms with Gasteiger partial charge in [-0.05, 0) is 13.0 Å². The monoisotopic (exact) mass is 390 g/mol. The molecule has 0 aliphatic heterocycles. The van der Waals surface area contributed by atoms with Gasteiger partial charge in [-0.25, -0.2) is 19.2 Å². The van der Waals surface area contributed by atoms with Gasteiger partial charge in [-0.3, -0.25) is 0 Å². The summed E-state index contributed by atoms with van der Waals surface area (Å²) < 4.78 is 18.4. The molecule has 0 radical (unpaired) electrons. The summed E-state index contributed by atoms with van der Waals surface area (Å²) >= 11 is 12.5. The fraction of sp³-hybridized carbons (Fsp3) is 0.154. The molecule has 2 aromatic rings. The number of nitrogens with zero attached hydrogens (tertiary/aromatic N) is 4. The number of aromatic nitrogens is 3. The molecule has 0 saturated heterocycles. The highest BCUT2D eigenvalue weighted by molar-refractivity contribution is 7.13. The molecule has 1 N–H and O–H groups in total. The van der Waals surface area contributed by atoms with Crippen molar-refractivity contribution in [3.05, 3.63) is 38.8 Å². The van der Waals surface area contributed by atoms with Crippen LogP contribution in [-0.4, -0.2) is 39.1 Å². The lowest BCUT2D eigenvalue weighted by Crippen LogP contribution is -2.11. The maximum atomic E-state index is 13.6. The highest BCUT2D eigenvalue weighted by Gasteiger charge is 2.20. The first-order valence-electron chi connectivity index (χ1n) is 6.36. The van der Waals surface area contributed by atoms with E-state index in [1.807, 2.05) is 0 Å². The Morgan fingerprint density at radius 2 is 2.25 bits per heavy atom. The number of aliphatic hydroxyl groups excluding tert-OH is 1. The van der Waals surface area contributed by atoms with E-state index in [1.165, 1.54) is 5.51 Å². The average Bonchev–Trinajstić information content (AvgIpc) is 3.04. The number of pyridine rings is 1. The summed E-state index contributed by atoms with van der Waals surface area (Å²) in [4.78, 5) is 19.5. The van der Waals surface area contributed by atoms with E-state index in [4.69, 9.17) is 27.9 Å². The number of halogens is 3. The van der Waals surface area contributed by atoms with Crippen molar-refractivity contribution in [1.82, 2.24) is 15.2 Å². The normalized spacial score (nSPS) is 12.3. The molecule has 24 heavy (non-hydrogen) atoms. The number of rotatable bonds is 5. The maximum Gasteiger partial charge on any atom is 0.343 e. The fourth-order valence-electron chi connectivity index (χ4n) is 1.52. The predicted molar refractivity (Wildman–Crippen MR) is 88.5 cm³/mol. The van der Waals surface area contributed by atoms with Crippen LogP contribution in [0.25, 0.3) is 5.76 Å². The highest BCUT2D eigenvalue weighted by atomic mass is 35.5. The average molecular weight is 391 g/mol. The summed E-state index contributed by atoms with van der Waals surface area (Å²) in [7, 11) is 0. The van der Waals surface area contributed by atoms with Crippen molar-refractivity contribution in [3.63, 3.8) is 0 Å². The Morgan fingerprint density at radius 3 is 2.88 bits per heavy atom. The quantitative estimate of drug-likeness (QED) is 0.275. The molecule has 0 spiro atoms. The van der Waals surface area contributed by atoms with Gasteiger partial charge in [-0.15, -0.1) is 10.2 Å². The number of hydrogen-bond acceptors (Lipinski definition) is 8. The summed E-state index contributed by atoms with van der Waals surface area (Å²) in [6.07, 6.45) is 1.02. The molecule has 7 nitrogen and oxygen atoms in total. The lowest BCUT2D eigenvalue weighted by Gasteiger charge is -2.08. The Balaban J connectivity index is 2.53. The number of aliphatic imine (C=N–C) groups is 1. The molecular weight excluding hydrogens is 382 g/mol. The van der Waals surface area contributed by atoms with Crippen molar-refractivity contribution < 1.29 is 19.0 Å². The fourth-order valence-corrected chi connectivity index (χ4v) is 2.33. The summed E-state index contributed by atoms with van der Waals surface area (Å²) in [6, 6.07) is 0.852. The van der Waals surface area contributed by atoms with Crippen molar-refractivity contribution in [1.29, 1.82) is 0 Å². The van der Waals surface area contributed by atoms with Crippen LogP contribution in [0.15, 0.2) is 22.1 Å². The zero-order valence-corrected chi connectivity index (χ0v) is 14.4. The largest absolute Gasteiger partial charge is 0.506 e. The topological polar surface area (TPSA) is 97.6 Å². The number of ether oxygens (including phenoxy) is 1. The standard InChI is InChI=1S/C13H9Cl2FN4O3S/c1-2-23-12(22)7(4-17-13-20-18-5-24-13)9(21)6-3-8(16)11(15)19-10(6)14/h3-5,21H,2H2,1H3/b9-7+,17-4+. The van der Waals surface area contributed by atoms with Crippen LogP contribution in [0.5, 0.6) is 0 Å². The zero-order chi connectivity index (χ0) is 17.7. The van der Waals surface area contributed by atoms with Crippen LogP contribution in [0.2, 0.25) is 10.3 Å². The third-order valence-electron chi connectivity index (χ3n) is 2.54. The highest BCUT2D eigenvalue weighted by Crippen LogP contribution is 2.27. The summed E-state index contributed by atoms with van der Waals surface area (Å²) in [6.45, 7) is 1.65. The molecule has 126 valence electrons. The Kier molecular flexibility index (Phi) is 6.18. The molecule has 2 aromatic heterocycles. The number of hydrogen-bond donors (Lipinski definition) is 1. The first kappa shape index (κ1) is 18.2. The van der Waals surface area contributed by atoms with Gasteiger partial charge in [0.1, 0.15) is 22.0 Å². The number of carbonyl (C=O) groups excluding carboxylic acids is 1. The van der Waals surface area contributed by atoms with Crippen LogP contribution in [0.3, 0.4) is 0 Å². The minimum atomic E-state index is -0.910. The third kappa shape index (κ3) is 4.25. The van der Waals surface area contributed by atoms with E-state index >= 15 is 0 Å². The minimum absolute atomic E-state index is 0.0588. The second-order valence-corrected chi connectivity index (χ2v) is 5.59. The second kappa shape index (κ2) is 8.13. The first-order chi connectivity index (χ1) is 11.4. The van der Waals surface area contributed by atoms with Crippen LogP contribution < -0.4 is 0 Å². The van der Waals surface area contributed by atoms with Gasteiger partial charge in [0.2, 0.25) is 5.13 Å². The smallest absolute Gasteiger partial charge is 0.343 e. The van der Waals surface area contributed by atoms with Crippen LogP contribution in [0.4, 0.5) is 9.52 Å². The van der Waals surface area contributed by atoms with E-state index in [-0.39, 0.29) is 28.0 Å². The summed E-state index contributed by atoms with van der Waals surface area (Å²) in [5, 5.41) is 17.1. The van der Waals surface area contributed by atoms with E-state index in [0.717, 1.165) is 23.6 Å². The molecule has 0 aromatic carbocycles. The van der Waals surface area contributed by atoms with E-state index in [1.54, 1.807) is 6.92 Å². The molecule has 0 bridgehead atoms. The van der Waals surface area contributed by atoms with Crippen LogP contribution >= 0.6 is 34.5 Å². The lowest BCUT2D eigenvalue weighted by atomic mass is 10.1. The Morgan fingerprint density at radius 1 is 1.50 bits per heavy atom. The molecule has 0 amide bonds. The summed E-state index contributed by atoms with van der Waals surface area (Å²) in [5.74, 6) is -2.45.